The number of urea groups is 1. The number of amides is 3. The molecule has 2 unspecified atom stereocenters. The molecule has 3 aromatic rings. The summed E-state index contributed by atoms with van der Waals surface area (Å²) in [7, 11) is 0. The number of nitrogens with one attached hydrogen (secondary N) is 2. The van der Waals surface area contributed by atoms with Crippen molar-refractivity contribution in [3.8, 4) is 11.3 Å². The van der Waals surface area contributed by atoms with Gasteiger partial charge in [-0.15, -0.1) is 0 Å². The number of carbonyl (C=O) groups excluding carboxylic acids is 2. The molecule has 1 aromatic carbocycles. The maximum Gasteiger partial charge on any atom is 0.327 e. The first kappa shape index (κ1) is 21.1. The normalized spacial score (nSPS) is 25.1. The lowest BCUT2D eigenvalue weighted by Crippen LogP contribution is -2.52. The summed E-state index contributed by atoms with van der Waals surface area (Å²) in [6.07, 6.45) is 6.03. The molecule has 34 heavy (non-hydrogen) atoms. The quantitative estimate of drug-likeness (QED) is 0.532. The third-order valence-electron chi connectivity index (χ3n) is 6.63. The molecular formula is C24H23N7O2S. The summed E-state index contributed by atoms with van der Waals surface area (Å²) < 4.78 is 0. The van der Waals surface area contributed by atoms with Crippen molar-refractivity contribution >= 4 is 35.1 Å². The number of rotatable bonds is 4. The Labute approximate surface area is 200 Å². The van der Waals surface area contributed by atoms with Gasteiger partial charge in [0, 0.05) is 29.4 Å². The third-order valence-corrected chi connectivity index (χ3v) is 7.92. The maximum atomic E-state index is 13.3. The number of thioether (sulfide) groups is 1. The molecule has 2 aliphatic heterocycles. The molecule has 0 saturated heterocycles. The molecule has 0 radical (unpaired) electrons. The number of hydrogen-bond acceptors (Lipinski definition) is 7. The number of nitrogens with zero attached hydrogens (tertiary/aromatic N) is 4. The number of hydrogen-bond donors (Lipinski definition) is 3. The van der Waals surface area contributed by atoms with Crippen LogP contribution in [0.25, 0.3) is 11.3 Å². The number of pyridine rings is 1. The highest BCUT2D eigenvalue weighted by molar-refractivity contribution is 8.01. The van der Waals surface area contributed by atoms with E-state index in [0.29, 0.717) is 17.1 Å². The first-order valence-corrected chi connectivity index (χ1v) is 12.2. The Morgan fingerprint density at radius 3 is 2.85 bits per heavy atom. The lowest BCUT2D eigenvalue weighted by Gasteiger charge is -2.34. The van der Waals surface area contributed by atoms with E-state index >= 15 is 0 Å². The van der Waals surface area contributed by atoms with Gasteiger partial charge in [-0.25, -0.2) is 9.78 Å². The highest BCUT2D eigenvalue weighted by atomic mass is 32.2. The SMILES string of the molecule is N[C@H]1CCC[C@H]1NC(=O)C1Sc2nccc3c2C1NC(=O)N3c1cnnc(-c2ccccc2)c1. The molecule has 1 saturated carbocycles. The molecule has 172 valence electrons. The van der Waals surface area contributed by atoms with Gasteiger partial charge in [0.25, 0.3) is 0 Å². The fourth-order valence-electron chi connectivity index (χ4n) is 4.94. The molecule has 3 aliphatic rings. The summed E-state index contributed by atoms with van der Waals surface area (Å²) in [6, 6.07) is 12.5. The molecule has 1 fully saturated rings. The van der Waals surface area contributed by atoms with E-state index in [4.69, 9.17) is 5.73 Å². The second-order valence-electron chi connectivity index (χ2n) is 8.72. The van der Waals surface area contributed by atoms with Crippen molar-refractivity contribution in [2.24, 2.45) is 5.73 Å². The monoisotopic (exact) mass is 473 g/mol. The topological polar surface area (TPSA) is 126 Å². The fourth-order valence-corrected chi connectivity index (χ4v) is 6.18. The van der Waals surface area contributed by atoms with Crippen molar-refractivity contribution in [1.29, 1.82) is 0 Å². The van der Waals surface area contributed by atoms with Crippen LogP contribution in [0.2, 0.25) is 0 Å². The van der Waals surface area contributed by atoms with E-state index < -0.39 is 11.3 Å². The Hall–Kier alpha value is -3.50. The molecule has 2 aromatic heterocycles. The van der Waals surface area contributed by atoms with Gasteiger partial charge in [-0.1, -0.05) is 42.1 Å². The van der Waals surface area contributed by atoms with Crippen LogP contribution >= 0.6 is 11.8 Å². The summed E-state index contributed by atoms with van der Waals surface area (Å²) in [4.78, 5) is 32.6. The average molecular weight is 474 g/mol. The molecule has 3 amide bonds. The van der Waals surface area contributed by atoms with Crippen LogP contribution in [0.3, 0.4) is 0 Å². The molecule has 1 aliphatic carbocycles. The van der Waals surface area contributed by atoms with E-state index in [9.17, 15) is 9.59 Å². The predicted molar refractivity (Wildman–Crippen MR) is 129 cm³/mol. The van der Waals surface area contributed by atoms with E-state index in [-0.39, 0.29) is 24.0 Å². The molecule has 4 heterocycles. The molecule has 4 atom stereocenters. The number of nitrogens with two attached hydrogens (primary N) is 1. The Morgan fingerprint density at radius 2 is 2.06 bits per heavy atom. The minimum absolute atomic E-state index is 0.0270. The maximum absolute atomic E-state index is 13.3. The Balaban J connectivity index is 1.33. The number of benzene rings is 1. The summed E-state index contributed by atoms with van der Waals surface area (Å²) in [5, 5.41) is 14.8. The zero-order chi connectivity index (χ0) is 23.2. The fraction of sp³-hybridized carbons (Fsp3) is 0.292. The lowest BCUT2D eigenvalue weighted by molar-refractivity contribution is -0.121. The third kappa shape index (κ3) is 3.50. The van der Waals surface area contributed by atoms with E-state index in [1.807, 2.05) is 36.4 Å². The van der Waals surface area contributed by atoms with Crippen LogP contribution in [0, 0.1) is 0 Å². The Bertz CT molecular complexity index is 1270. The summed E-state index contributed by atoms with van der Waals surface area (Å²) >= 11 is 1.38. The van der Waals surface area contributed by atoms with Crippen molar-refractivity contribution in [1.82, 2.24) is 25.8 Å². The smallest absolute Gasteiger partial charge is 0.327 e. The first-order valence-electron chi connectivity index (χ1n) is 11.3. The van der Waals surface area contributed by atoms with Gasteiger partial charge in [-0.05, 0) is 31.4 Å². The predicted octanol–water partition coefficient (Wildman–Crippen LogP) is 2.91. The second kappa shape index (κ2) is 8.37. The standard InChI is InChI=1S/C24H23N7O2S/c25-15-7-4-8-16(15)28-22(32)21-20-19-18(9-10-26-23(19)34-21)31(24(33)29-20)14-11-17(30-27-12-14)13-5-2-1-3-6-13/h1-3,5-6,9-12,15-16,20-21H,4,7-8,25H2,(H,28,32)(H,29,33)/t15-,16+,20?,21?/m0/s1. The van der Waals surface area contributed by atoms with Crippen molar-refractivity contribution in [3.63, 3.8) is 0 Å². The average Bonchev–Trinajstić information content (AvgIpc) is 3.44. The lowest BCUT2D eigenvalue weighted by atomic mass is 9.99. The van der Waals surface area contributed by atoms with Crippen LogP contribution in [0.4, 0.5) is 16.2 Å². The molecule has 4 N–H and O–H groups in total. The molecule has 0 spiro atoms. The highest BCUT2D eigenvalue weighted by Crippen LogP contribution is 2.50. The van der Waals surface area contributed by atoms with Gasteiger partial charge in [0.1, 0.15) is 10.3 Å². The first-order chi connectivity index (χ1) is 16.6. The molecular weight excluding hydrogens is 450 g/mol. The minimum atomic E-state index is -0.502. The van der Waals surface area contributed by atoms with Crippen molar-refractivity contribution in [2.45, 2.75) is 47.7 Å². The van der Waals surface area contributed by atoms with E-state index in [1.165, 1.54) is 11.8 Å². The summed E-state index contributed by atoms with van der Waals surface area (Å²) in [6.45, 7) is 0. The Kier molecular flexibility index (Phi) is 5.19. The van der Waals surface area contributed by atoms with Crippen LogP contribution in [0.15, 0.2) is 59.9 Å². The van der Waals surface area contributed by atoms with Crippen LogP contribution in [0.5, 0.6) is 0 Å². The van der Waals surface area contributed by atoms with E-state index in [0.717, 1.165) is 35.4 Å². The minimum Gasteiger partial charge on any atom is -0.351 e. The van der Waals surface area contributed by atoms with Gasteiger partial charge >= 0.3 is 6.03 Å². The number of carbonyl (C=O) groups is 2. The van der Waals surface area contributed by atoms with Gasteiger partial charge < -0.3 is 16.4 Å². The van der Waals surface area contributed by atoms with Gasteiger partial charge in [-0.3, -0.25) is 9.69 Å². The second-order valence-corrected chi connectivity index (χ2v) is 9.86. The highest BCUT2D eigenvalue weighted by Gasteiger charge is 2.47. The van der Waals surface area contributed by atoms with Crippen molar-refractivity contribution < 1.29 is 9.59 Å². The van der Waals surface area contributed by atoms with Crippen LogP contribution in [0.1, 0.15) is 30.9 Å². The number of anilines is 2. The van der Waals surface area contributed by atoms with E-state index in [2.05, 4.69) is 25.8 Å². The molecule has 10 heteroatoms. The zero-order valence-electron chi connectivity index (χ0n) is 18.2. The van der Waals surface area contributed by atoms with Crippen LogP contribution in [-0.4, -0.2) is 44.5 Å². The Morgan fingerprint density at radius 1 is 1.21 bits per heavy atom. The molecule has 6 rings (SSSR count). The summed E-state index contributed by atoms with van der Waals surface area (Å²) in [5.74, 6) is -0.119. The van der Waals surface area contributed by atoms with Gasteiger partial charge in [0.15, 0.2) is 0 Å². The van der Waals surface area contributed by atoms with Crippen LogP contribution in [-0.2, 0) is 4.79 Å². The van der Waals surface area contributed by atoms with Gasteiger partial charge in [0.05, 0.1) is 29.3 Å². The zero-order valence-corrected chi connectivity index (χ0v) is 19.0. The van der Waals surface area contributed by atoms with Gasteiger partial charge in [0.2, 0.25) is 5.91 Å². The van der Waals surface area contributed by atoms with Crippen LogP contribution < -0.4 is 21.3 Å². The summed E-state index contributed by atoms with van der Waals surface area (Å²) in [5.41, 5.74) is 9.86. The van der Waals surface area contributed by atoms with Crippen molar-refractivity contribution in [2.75, 3.05) is 4.90 Å². The number of aromatic nitrogens is 3. The molecule has 0 bridgehead atoms. The van der Waals surface area contributed by atoms with Crippen molar-refractivity contribution in [3.05, 3.63) is 60.4 Å². The molecule has 9 nitrogen and oxygen atoms in total. The van der Waals surface area contributed by atoms with E-state index in [1.54, 1.807) is 23.4 Å². The van der Waals surface area contributed by atoms with Gasteiger partial charge in [-0.2, -0.15) is 10.2 Å². The largest absolute Gasteiger partial charge is 0.351 e.